The van der Waals surface area contributed by atoms with E-state index in [2.05, 4.69) is 49.9 Å². The number of ether oxygens (including phenoxy) is 1. The molecule has 1 saturated heterocycles. The summed E-state index contributed by atoms with van der Waals surface area (Å²) in [5, 5.41) is 10.4. The van der Waals surface area contributed by atoms with Gasteiger partial charge in [0.25, 0.3) is 0 Å². The molecular formula is C17H27NO2. The summed E-state index contributed by atoms with van der Waals surface area (Å²) in [4.78, 5) is 2.30. The predicted molar refractivity (Wildman–Crippen MR) is 82.0 cm³/mol. The highest BCUT2D eigenvalue weighted by atomic mass is 16.5. The topological polar surface area (TPSA) is 32.7 Å². The van der Waals surface area contributed by atoms with E-state index >= 15 is 0 Å². The Kier molecular flexibility index (Phi) is 5.58. The standard InChI is InChI=1S/C17H27NO2/c1-13(2)15-5-7-16(8-6-15)17(19)12-18-9-4-10-20-14(3)11-18/h5-8,13-14,17,19H,4,9-12H2,1-3H3. The Morgan fingerprint density at radius 1 is 1.25 bits per heavy atom. The third-order valence-corrected chi connectivity index (χ3v) is 3.96. The van der Waals surface area contributed by atoms with Gasteiger partial charge in [-0.2, -0.15) is 0 Å². The molecule has 1 fully saturated rings. The maximum atomic E-state index is 10.4. The lowest BCUT2D eigenvalue weighted by Crippen LogP contribution is -2.33. The Bertz CT molecular complexity index is 402. The number of nitrogens with zero attached hydrogens (tertiary/aromatic N) is 1. The highest BCUT2D eigenvalue weighted by Gasteiger charge is 2.18. The zero-order chi connectivity index (χ0) is 14.5. The second-order valence-electron chi connectivity index (χ2n) is 6.13. The van der Waals surface area contributed by atoms with Crippen molar-refractivity contribution in [2.75, 3.05) is 26.2 Å². The van der Waals surface area contributed by atoms with Crippen LogP contribution in [0.3, 0.4) is 0 Å². The molecule has 3 heteroatoms. The molecule has 1 aromatic rings. The van der Waals surface area contributed by atoms with Crippen LogP contribution in [-0.2, 0) is 4.74 Å². The third-order valence-electron chi connectivity index (χ3n) is 3.96. The Balaban J connectivity index is 1.94. The minimum Gasteiger partial charge on any atom is -0.387 e. The summed E-state index contributed by atoms with van der Waals surface area (Å²) in [6.07, 6.45) is 0.887. The largest absolute Gasteiger partial charge is 0.387 e. The highest BCUT2D eigenvalue weighted by Crippen LogP contribution is 2.20. The molecule has 20 heavy (non-hydrogen) atoms. The van der Waals surface area contributed by atoms with Gasteiger partial charge in [-0.05, 0) is 30.4 Å². The molecule has 3 nitrogen and oxygen atoms in total. The number of aliphatic hydroxyl groups is 1. The summed E-state index contributed by atoms with van der Waals surface area (Å²) in [5.41, 5.74) is 2.32. The third kappa shape index (κ3) is 4.30. The van der Waals surface area contributed by atoms with Crippen molar-refractivity contribution in [2.24, 2.45) is 0 Å². The van der Waals surface area contributed by atoms with E-state index in [9.17, 15) is 5.11 Å². The average Bonchev–Trinajstić information content (AvgIpc) is 2.63. The van der Waals surface area contributed by atoms with Crippen LogP contribution in [0.15, 0.2) is 24.3 Å². The molecule has 2 unspecified atom stereocenters. The van der Waals surface area contributed by atoms with Gasteiger partial charge in [0.2, 0.25) is 0 Å². The minimum absolute atomic E-state index is 0.257. The Morgan fingerprint density at radius 2 is 1.90 bits per heavy atom. The lowest BCUT2D eigenvalue weighted by atomic mass is 10.00. The van der Waals surface area contributed by atoms with Crippen LogP contribution < -0.4 is 0 Å². The van der Waals surface area contributed by atoms with Crippen LogP contribution in [0.2, 0.25) is 0 Å². The smallest absolute Gasteiger partial charge is 0.0916 e. The molecule has 2 atom stereocenters. The van der Waals surface area contributed by atoms with Gasteiger partial charge in [-0.15, -0.1) is 0 Å². The number of rotatable bonds is 4. The van der Waals surface area contributed by atoms with E-state index in [4.69, 9.17) is 4.74 Å². The predicted octanol–water partition coefficient (Wildman–Crippen LogP) is 2.95. The first-order valence-corrected chi connectivity index (χ1v) is 7.68. The number of benzene rings is 1. The molecule has 0 amide bonds. The van der Waals surface area contributed by atoms with Gasteiger partial charge < -0.3 is 9.84 Å². The van der Waals surface area contributed by atoms with Gasteiger partial charge in [0, 0.05) is 26.2 Å². The Labute approximate surface area is 122 Å². The van der Waals surface area contributed by atoms with Crippen LogP contribution in [0.4, 0.5) is 0 Å². The van der Waals surface area contributed by atoms with Gasteiger partial charge >= 0.3 is 0 Å². The summed E-state index contributed by atoms with van der Waals surface area (Å²) in [7, 11) is 0. The van der Waals surface area contributed by atoms with Crippen molar-refractivity contribution in [3.63, 3.8) is 0 Å². The molecule has 1 heterocycles. The normalized spacial score (nSPS) is 22.8. The lowest BCUT2D eigenvalue weighted by Gasteiger charge is -2.25. The van der Waals surface area contributed by atoms with Crippen LogP contribution >= 0.6 is 0 Å². The van der Waals surface area contributed by atoms with E-state index < -0.39 is 6.10 Å². The average molecular weight is 277 g/mol. The van der Waals surface area contributed by atoms with Crippen molar-refractivity contribution in [1.29, 1.82) is 0 Å². The van der Waals surface area contributed by atoms with Crippen molar-refractivity contribution in [3.05, 3.63) is 35.4 Å². The van der Waals surface area contributed by atoms with Gasteiger partial charge in [0.1, 0.15) is 0 Å². The quantitative estimate of drug-likeness (QED) is 0.918. The maximum Gasteiger partial charge on any atom is 0.0916 e. The number of aliphatic hydroxyl groups excluding tert-OH is 1. The molecule has 1 aromatic carbocycles. The van der Waals surface area contributed by atoms with Gasteiger partial charge in [-0.1, -0.05) is 38.1 Å². The Morgan fingerprint density at radius 3 is 2.55 bits per heavy atom. The zero-order valence-corrected chi connectivity index (χ0v) is 12.9. The number of hydrogen-bond donors (Lipinski definition) is 1. The molecule has 0 spiro atoms. The van der Waals surface area contributed by atoms with Gasteiger partial charge in [0.15, 0.2) is 0 Å². The molecule has 2 rings (SSSR count). The van der Waals surface area contributed by atoms with Crippen molar-refractivity contribution in [1.82, 2.24) is 4.90 Å². The van der Waals surface area contributed by atoms with E-state index in [0.29, 0.717) is 12.5 Å². The monoisotopic (exact) mass is 277 g/mol. The van der Waals surface area contributed by atoms with Gasteiger partial charge in [-0.25, -0.2) is 0 Å². The summed E-state index contributed by atoms with van der Waals surface area (Å²) in [6.45, 7) is 9.90. The first-order chi connectivity index (χ1) is 9.56. The highest BCUT2D eigenvalue weighted by molar-refractivity contribution is 5.26. The molecule has 0 bridgehead atoms. The molecule has 1 aliphatic rings. The fourth-order valence-corrected chi connectivity index (χ4v) is 2.70. The van der Waals surface area contributed by atoms with Crippen LogP contribution in [-0.4, -0.2) is 42.4 Å². The van der Waals surface area contributed by atoms with E-state index in [-0.39, 0.29) is 6.10 Å². The number of β-amino-alcohol motifs (C(OH)–C–C–N with tert-alkyl or cyclic N) is 1. The Hall–Kier alpha value is -0.900. The zero-order valence-electron chi connectivity index (χ0n) is 12.9. The fraction of sp³-hybridized carbons (Fsp3) is 0.647. The summed E-state index contributed by atoms with van der Waals surface area (Å²) in [5.74, 6) is 0.532. The molecule has 1 aliphatic heterocycles. The second-order valence-corrected chi connectivity index (χ2v) is 6.13. The van der Waals surface area contributed by atoms with Crippen molar-refractivity contribution < 1.29 is 9.84 Å². The van der Waals surface area contributed by atoms with Gasteiger partial charge in [0.05, 0.1) is 12.2 Å². The SMILES string of the molecule is CC1CN(CC(O)c2ccc(C(C)C)cc2)CCCO1. The van der Waals surface area contributed by atoms with E-state index in [0.717, 1.165) is 31.7 Å². The molecular weight excluding hydrogens is 250 g/mol. The first kappa shape index (κ1) is 15.5. The first-order valence-electron chi connectivity index (χ1n) is 7.68. The van der Waals surface area contributed by atoms with Crippen molar-refractivity contribution >= 4 is 0 Å². The minimum atomic E-state index is -0.415. The van der Waals surface area contributed by atoms with Crippen molar-refractivity contribution in [3.8, 4) is 0 Å². The van der Waals surface area contributed by atoms with Crippen molar-refractivity contribution in [2.45, 2.75) is 45.3 Å². The van der Waals surface area contributed by atoms with E-state index in [1.807, 2.05) is 0 Å². The maximum absolute atomic E-state index is 10.4. The molecule has 112 valence electrons. The van der Waals surface area contributed by atoms with Crippen LogP contribution in [0.25, 0.3) is 0 Å². The molecule has 0 aromatic heterocycles. The lowest BCUT2D eigenvalue weighted by molar-refractivity contribution is 0.0562. The van der Waals surface area contributed by atoms with E-state index in [1.165, 1.54) is 5.56 Å². The number of hydrogen-bond acceptors (Lipinski definition) is 3. The van der Waals surface area contributed by atoms with Crippen LogP contribution in [0.5, 0.6) is 0 Å². The van der Waals surface area contributed by atoms with Crippen LogP contribution in [0.1, 0.15) is 50.3 Å². The fourth-order valence-electron chi connectivity index (χ4n) is 2.70. The van der Waals surface area contributed by atoms with Gasteiger partial charge in [-0.3, -0.25) is 4.90 Å². The molecule has 0 radical (unpaired) electrons. The molecule has 0 saturated carbocycles. The summed E-state index contributed by atoms with van der Waals surface area (Å²) in [6, 6.07) is 8.35. The second kappa shape index (κ2) is 7.21. The molecule has 0 aliphatic carbocycles. The summed E-state index contributed by atoms with van der Waals surface area (Å²) >= 11 is 0. The van der Waals surface area contributed by atoms with Crippen LogP contribution in [0, 0.1) is 0 Å². The summed E-state index contributed by atoms with van der Waals surface area (Å²) < 4.78 is 5.64. The van der Waals surface area contributed by atoms with E-state index in [1.54, 1.807) is 0 Å². The molecule has 1 N–H and O–H groups in total.